The van der Waals surface area contributed by atoms with Crippen LogP contribution in [0.5, 0.6) is 0 Å². The van der Waals surface area contributed by atoms with Crippen LogP contribution in [0.25, 0.3) is 0 Å². The van der Waals surface area contributed by atoms with Gasteiger partial charge in [-0.1, -0.05) is 26.0 Å². The summed E-state index contributed by atoms with van der Waals surface area (Å²) in [5.41, 5.74) is 1.12. The second-order valence-electron chi connectivity index (χ2n) is 6.17. The Kier molecular flexibility index (Phi) is 6.65. The standard InChI is InChI=1S/C18H29FN2/c1-3-12-21(14-15-8-10-20-11-9-15)18(4-2)16-6-5-7-17(19)13-16/h5-7,13,15,18,20H,3-4,8-12,14H2,1-2H3. The van der Waals surface area contributed by atoms with Crippen molar-refractivity contribution in [1.82, 2.24) is 10.2 Å². The molecule has 1 unspecified atom stereocenters. The van der Waals surface area contributed by atoms with E-state index in [1.165, 1.54) is 18.9 Å². The van der Waals surface area contributed by atoms with Crippen LogP contribution in [0.4, 0.5) is 4.39 Å². The van der Waals surface area contributed by atoms with E-state index in [0.29, 0.717) is 6.04 Å². The fourth-order valence-corrected chi connectivity index (χ4v) is 3.48. The highest BCUT2D eigenvalue weighted by Crippen LogP contribution is 2.27. The zero-order valence-corrected chi connectivity index (χ0v) is 13.4. The highest BCUT2D eigenvalue weighted by molar-refractivity contribution is 5.20. The van der Waals surface area contributed by atoms with Crippen molar-refractivity contribution in [2.75, 3.05) is 26.2 Å². The van der Waals surface area contributed by atoms with Crippen LogP contribution in [0.1, 0.15) is 51.1 Å². The summed E-state index contributed by atoms with van der Waals surface area (Å²) in [4.78, 5) is 2.57. The third kappa shape index (κ3) is 4.79. The van der Waals surface area contributed by atoms with Crippen molar-refractivity contribution in [3.63, 3.8) is 0 Å². The average molecular weight is 292 g/mol. The number of halogens is 1. The lowest BCUT2D eigenvalue weighted by Crippen LogP contribution is -2.38. The van der Waals surface area contributed by atoms with Gasteiger partial charge in [-0.15, -0.1) is 0 Å². The first-order valence-corrected chi connectivity index (χ1v) is 8.44. The SMILES string of the molecule is CCCN(CC1CCNCC1)C(CC)c1cccc(F)c1. The molecule has 0 aliphatic carbocycles. The van der Waals surface area contributed by atoms with Gasteiger partial charge in [-0.05, 0) is 68.9 Å². The molecule has 0 bridgehead atoms. The van der Waals surface area contributed by atoms with Crippen molar-refractivity contribution in [2.45, 2.75) is 45.6 Å². The van der Waals surface area contributed by atoms with Crippen LogP contribution in [0, 0.1) is 11.7 Å². The molecule has 1 aromatic rings. The van der Waals surface area contributed by atoms with Crippen molar-refractivity contribution in [2.24, 2.45) is 5.92 Å². The van der Waals surface area contributed by atoms with E-state index in [9.17, 15) is 4.39 Å². The Morgan fingerprint density at radius 1 is 1.29 bits per heavy atom. The molecule has 118 valence electrons. The monoisotopic (exact) mass is 292 g/mol. The zero-order chi connectivity index (χ0) is 15.1. The highest BCUT2D eigenvalue weighted by atomic mass is 19.1. The largest absolute Gasteiger partial charge is 0.317 e. The fourth-order valence-electron chi connectivity index (χ4n) is 3.48. The molecule has 1 aromatic carbocycles. The van der Waals surface area contributed by atoms with Crippen molar-refractivity contribution in [3.8, 4) is 0 Å². The van der Waals surface area contributed by atoms with Gasteiger partial charge in [-0.3, -0.25) is 4.90 Å². The molecule has 0 spiro atoms. The van der Waals surface area contributed by atoms with Crippen LogP contribution in [0.15, 0.2) is 24.3 Å². The molecule has 0 saturated carbocycles. The predicted molar refractivity (Wildman–Crippen MR) is 86.9 cm³/mol. The fraction of sp³-hybridized carbons (Fsp3) is 0.667. The number of piperidine rings is 1. The van der Waals surface area contributed by atoms with Crippen LogP contribution >= 0.6 is 0 Å². The van der Waals surface area contributed by atoms with Crippen LogP contribution in [0.3, 0.4) is 0 Å². The summed E-state index contributed by atoms with van der Waals surface area (Å²) in [6.07, 6.45) is 4.71. The second-order valence-corrected chi connectivity index (χ2v) is 6.17. The van der Waals surface area contributed by atoms with Gasteiger partial charge in [0, 0.05) is 12.6 Å². The molecule has 1 atom stereocenters. The van der Waals surface area contributed by atoms with Crippen LogP contribution in [-0.4, -0.2) is 31.1 Å². The van der Waals surface area contributed by atoms with Crippen molar-refractivity contribution in [1.29, 1.82) is 0 Å². The summed E-state index contributed by atoms with van der Waals surface area (Å²) in [6.45, 7) is 8.96. The van der Waals surface area contributed by atoms with Gasteiger partial charge in [0.1, 0.15) is 5.82 Å². The first kappa shape index (κ1) is 16.4. The molecule has 1 fully saturated rings. The van der Waals surface area contributed by atoms with E-state index in [1.807, 2.05) is 6.07 Å². The summed E-state index contributed by atoms with van der Waals surface area (Å²) >= 11 is 0. The second kappa shape index (κ2) is 8.50. The molecule has 2 rings (SSSR count). The number of nitrogens with zero attached hydrogens (tertiary/aromatic N) is 1. The van der Waals surface area contributed by atoms with Gasteiger partial charge in [0.05, 0.1) is 0 Å². The maximum atomic E-state index is 13.5. The maximum absolute atomic E-state index is 13.5. The number of rotatable bonds is 7. The smallest absolute Gasteiger partial charge is 0.123 e. The van der Waals surface area contributed by atoms with E-state index in [1.54, 1.807) is 6.07 Å². The van der Waals surface area contributed by atoms with E-state index in [2.05, 4.69) is 30.1 Å². The predicted octanol–water partition coefficient (Wildman–Crippen LogP) is 3.99. The molecular formula is C18H29FN2. The Balaban J connectivity index is 2.09. The topological polar surface area (TPSA) is 15.3 Å². The lowest BCUT2D eigenvalue weighted by atomic mass is 9.95. The van der Waals surface area contributed by atoms with Gasteiger partial charge in [-0.2, -0.15) is 0 Å². The Labute approximate surface area is 128 Å². The molecule has 0 aromatic heterocycles. The van der Waals surface area contributed by atoms with E-state index >= 15 is 0 Å². The van der Waals surface area contributed by atoms with Gasteiger partial charge in [-0.25, -0.2) is 4.39 Å². The summed E-state index contributed by atoms with van der Waals surface area (Å²) in [7, 11) is 0. The van der Waals surface area contributed by atoms with Crippen LogP contribution in [0.2, 0.25) is 0 Å². The molecule has 3 heteroatoms. The molecule has 1 aliphatic heterocycles. The van der Waals surface area contributed by atoms with Gasteiger partial charge in [0.15, 0.2) is 0 Å². The number of benzene rings is 1. The normalized spacial score (nSPS) is 18.1. The molecule has 1 saturated heterocycles. The minimum absolute atomic E-state index is 0.121. The molecular weight excluding hydrogens is 263 g/mol. The maximum Gasteiger partial charge on any atom is 0.123 e. The van der Waals surface area contributed by atoms with Crippen molar-refractivity contribution in [3.05, 3.63) is 35.6 Å². The van der Waals surface area contributed by atoms with E-state index in [4.69, 9.17) is 0 Å². The first-order valence-electron chi connectivity index (χ1n) is 8.44. The third-order valence-corrected chi connectivity index (χ3v) is 4.52. The quantitative estimate of drug-likeness (QED) is 0.817. The van der Waals surface area contributed by atoms with Gasteiger partial charge < -0.3 is 5.32 Å². The van der Waals surface area contributed by atoms with Crippen molar-refractivity contribution < 1.29 is 4.39 Å². The number of hydrogen-bond donors (Lipinski definition) is 1. The molecule has 1 N–H and O–H groups in total. The average Bonchev–Trinajstić information content (AvgIpc) is 2.49. The number of hydrogen-bond acceptors (Lipinski definition) is 2. The Morgan fingerprint density at radius 3 is 2.67 bits per heavy atom. The Morgan fingerprint density at radius 2 is 2.05 bits per heavy atom. The zero-order valence-electron chi connectivity index (χ0n) is 13.4. The molecule has 21 heavy (non-hydrogen) atoms. The lowest BCUT2D eigenvalue weighted by Gasteiger charge is -2.35. The van der Waals surface area contributed by atoms with Gasteiger partial charge >= 0.3 is 0 Å². The minimum Gasteiger partial charge on any atom is -0.317 e. The first-order chi connectivity index (χ1) is 10.2. The molecule has 0 amide bonds. The van der Waals surface area contributed by atoms with Gasteiger partial charge in [0.25, 0.3) is 0 Å². The van der Waals surface area contributed by atoms with Crippen LogP contribution in [-0.2, 0) is 0 Å². The van der Waals surface area contributed by atoms with Crippen LogP contribution < -0.4 is 5.32 Å². The Hall–Kier alpha value is -0.930. The Bertz CT molecular complexity index is 415. The lowest BCUT2D eigenvalue weighted by molar-refractivity contribution is 0.147. The summed E-state index contributed by atoms with van der Waals surface area (Å²) in [6, 6.07) is 7.49. The summed E-state index contributed by atoms with van der Waals surface area (Å²) in [5.74, 6) is 0.657. The third-order valence-electron chi connectivity index (χ3n) is 4.52. The summed E-state index contributed by atoms with van der Waals surface area (Å²) < 4.78 is 13.5. The van der Waals surface area contributed by atoms with E-state index in [-0.39, 0.29) is 5.82 Å². The minimum atomic E-state index is -0.121. The summed E-state index contributed by atoms with van der Waals surface area (Å²) in [5, 5.41) is 3.43. The van der Waals surface area contributed by atoms with E-state index < -0.39 is 0 Å². The number of nitrogens with one attached hydrogen (secondary N) is 1. The molecule has 1 aliphatic rings. The van der Waals surface area contributed by atoms with Crippen molar-refractivity contribution >= 4 is 0 Å². The van der Waals surface area contributed by atoms with E-state index in [0.717, 1.165) is 50.5 Å². The molecule has 1 heterocycles. The molecule has 2 nitrogen and oxygen atoms in total. The van der Waals surface area contributed by atoms with Gasteiger partial charge in [0.2, 0.25) is 0 Å². The highest BCUT2D eigenvalue weighted by Gasteiger charge is 2.23. The molecule has 0 radical (unpaired) electrons.